The van der Waals surface area contributed by atoms with Gasteiger partial charge in [0.1, 0.15) is 11.5 Å². The van der Waals surface area contributed by atoms with Crippen molar-refractivity contribution in [2.45, 2.75) is 6.54 Å². The van der Waals surface area contributed by atoms with E-state index in [1.54, 1.807) is 19.0 Å². The summed E-state index contributed by atoms with van der Waals surface area (Å²) >= 11 is 0. The van der Waals surface area contributed by atoms with Gasteiger partial charge in [-0.25, -0.2) is 18.5 Å². The number of H-pyrrole nitrogens is 1. The molecule has 0 bridgehead atoms. The molecule has 1 aromatic heterocycles. The van der Waals surface area contributed by atoms with E-state index >= 15 is 0 Å². The summed E-state index contributed by atoms with van der Waals surface area (Å²) in [6.07, 6.45) is 0. The van der Waals surface area contributed by atoms with Gasteiger partial charge in [-0.3, -0.25) is 4.79 Å². The Morgan fingerprint density at radius 2 is 1.86 bits per heavy atom. The summed E-state index contributed by atoms with van der Waals surface area (Å²) in [5.41, 5.74) is -1.98. The number of nitrogens with zero attached hydrogens (tertiary/aromatic N) is 2. The van der Waals surface area contributed by atoms with Crippen LogP contribution in [0.5, 0.6) is 0 Å². The van der Waals surface area contributed by atoms with Crippen LogP contribution in [0.2, 0.25) is 0 Å². The van der Waals surface area contributed by atoms with E-state index in [9.17, 15) is 18.8 Å². The maximum atomic E-state index is 13.0. The van der Waals surface area contributed by atoms with Gasteiger partial charge in [-0.1, -0.05) is 0 Å². The Kier molecular flexibility index (Phi) is 4.22. The quantitative estimate of drug-likeness (QED) is 0.854. The monoisotopic (exact) mass is 307 g/mol. The number of aromatic nitrogens is 2. The molecule has 7 nitrogen and oxygen atoms in total. The van der Waals surface area contributed by atoms with Gasteiger partial charge in [-0.2, -0.15) is 0 Å². The van der Waals surface area contributed by atoms with Gasteiger partial charge in [0, 0.05) is 6.54 Å². The Bertz CT molecular complexity index is 821. The molecule has 8 heteroatoms. The predicted molar refractivity (Wildman–Crippen MR) is 77.0 cm³/mol. The van der Waals surface area contributed by atoms with Crippen molar-refractivity contribution in [1.82, 2.24) is 14.5 Å². The largest absolute Gasteiger partial charge is 0.477 e. The van der Waals surface area contributed by atoms with E-state index in [1.165, 1.54) is 12.1 Å². The summed E-state index contributed by atoms with van der Waals surface area (Å²) in [6, 6.07) is 4.76. The summed E-state index contributed by atoms with van der Waals surface area (Å²) < 4.78 is 13.7. The van der Waals surface area contributed by atoms with Crippen LogP contribution in [-0.4, -0.2) is 39.6 Å². The van der Waals surface area contributed by atoms with E-state index in [1.807, 2.05) is 0 Å². The summed E-state index contributed by atoms with van der Waals surface area (Å²) in [4.78, 5) is 39.5. The highest BCUT2D eigenvalue weighted by atomic mass is 19.1. The van der Waals surface area contributed by atoms with E-state index in [4.69, 9.17) is 5.11 Å². The standard InChI is InChI=1S/C14H14FN3O4/c1-17(2)7-10-11(13(20)21)16-14(22)18(12(10)19)9-5-3-8(15)4-6-9/h3-6H,7H2,1-2H3,(H,16,22)(H,20,21). The van der Waals surface area contributed by atoms with Crippen molar-refractivity contribution in [2.75, 3.05) is 14.1 Å². The number of carboxylic acids is 1. The molecule has 0 saturated carbocycles. The van der Waals surface area contributed by atoms with Gasteiger partial charge < -0.3 is 15.0 Å². The Balaban J connectivity index is 2.76. The number of hydrogen-bond donors (Lipinski definition) is 2. The van der Waals surface area contributed by atoms with Gasteiger partial charge in [0.2, 0.25) is 0 Å². The topological polar surface area (TPSA) is 95.4 Å². The molecule has 1 heterocycles. The van der Waals surface area contributed by atoms with Crippen molar-refractivity contribution in [3.8, 4) is 5.69 Å². The van der Waals surface area contributed by atoms with E-state index in [0.717, 1.165) is 16.7 Å². The molecular formula is C14H14FN3O4. The fraction of sp³-hybridized carbons (Fsp3) is 0.214. The summed E-state index contributed by atoms with van der Waals surface area (Å²) in [5, 5.41) is 9.14. The SMILES string of the molecule is CN(C)Cc1c(C(=O)O)[nH]c(=O)n(-c2ccc(F)cc2)c1=O. The lowest BCUT2D eigenvalue weighted by Gasteiger charge is -2.13. The Hall–Kier alpha value is -2.74. The predicted octanol–water partition coefficient (Wildman–Crippen LogP) is 0.425. The number of aromatic amines is 1. The number of nitrogens with one attached hydrogen (secondary N) is 1. The Morgan fingerprint density at radius 1 is 1.27 bits per heavy atom. The van der Waals surface area contributed by atoms with Gasteiger partial charge in [0.15, 0.2) is 0 Å². The van der Waals surface area contributed by atoms with Gasteiger partial charge >= 0.3 is 11.7 Å². The van der Waals surface area contributed by atoms with E-state index in [0.29, 0.717) is 0 Å². The Labute approximate surface area is 124 Å². The van der Waals surface area contributed by atoms with Crippen molar-refractivity contribution in [1.29, 1.82) is 0 Å². The molecule has 0 atom stereocenters. The number of carboxylic acid groups (broad SMARTS) is 1. The zero-order chi connectivity index (χ0) is 16.4. The average molecular weight is 307 g/mol. The molecule has 0 unspecified atom stereocenters. The molecule has 0 saturated heterocycles. The van der Waals surface area contributed by atoms with Crippen LogP contribution in [0.3, 0.4) is 0 Å². The zero-order valence-corrected chi connectivity index (χ0v) is 12.0. The minimum Gasteiger partial charge on any atom is -0.477 e. The van der Waals surface area contributed by atoms with Crippen molar-refractivity contribution in [2.24, 2.45) is 0 Å². The van der Waals surface area contributed by atoms with Crippen molar-refractivity contribution in [3.63, 3.8) is 0 Å². The second-order valence-corrected chi connectivity index (χ2v) is 4.94. The molecule has 22 heavy (non-hydrogen) atoms. The van der Waals surface area contributed by atoms with Crippen LogP contribution in [-0.2, 0) is 6.54 Å². The lowest BCUT2D eigenvalue weighted by Crippen LogP contribution is -2.39. The normalized spacial score (nSPS) is 10.9. The molecule has 0 aliphatic carbocycles. The van der Waals surface area contributed by atoms with Crippen molar-refractivity contribution < 1.29 is 14.3 Å². The molecular weight excluding hydrogens is 293 g/mol. The lowest BCUT2D eigenvalue weighted by molar-refractivity contribution is 0.0687. The van der Waals surface area contributed by atoms with Gasteiger partial charge in [0.25, 0.3) is 5.56 Å². The fourth-order valence-corrected chi connectivity index (χ4v) is 2.04. The maximum absolute atomic E-state index is 13.0. The van der Waals surface area contributed by atoms with Crippen LogP contribution in [0.4, 0.5) is 4.39 Å². The molecule has 0 aliphatic heterocycles. The minimum atomic E-state index is -1.39. The lowest BCUT2D eigenvalue weighted by atomic mass is 10.2. The fourth-order valence-electron chi connectivity index (χ4n) is 2.04. The third kappa shape index (κ3) is 2.96. The van der Waals surface area contributed by atoms with Crippen LogP contribution < -0.4 is 11.2 Å². The van der Waals surface area contributed by atoms with Crippen LogP contribution in [0.1, 0.15) is 16.1 Å². The summed E-state index contributed by atoms with van der Waals surface area (Å²) in [5.74, 6) is -1.90. The first-order valence-corrected chi connectivity index (χ1v) is 6.33. The highest BCUT2D eigenvalue weighted by Crippen LogP contribution is 2.07. The van der Waals surface area contributed by atoms with E-state index in [2.05, 4.69) is 4.98 Å². The molecule has 116 valence electrons. The van der Waals surface area contributed by atoms with Gasteiger partial charge in [0.05, 0.1) is 11.3 Å². The van der Waals surface area contributed by atoms with Gasteiger partial charge in [-0.05, 0) is 38.4 Å². The molecule has 2 aromatic rings. The number of hydrogen-bond acceptors (Lipinski definition) is 4. The third-order valence-electron chi connectivity index (χ3n) is 2.97. The molecule has 2 rings (SSSR count). The molecule has 0 fully saturated rings. The second-order valence-electron chi connectivity index (χ2n) is 4.94. The highest BCUT2D eigenvalue weighted by Gasteiger charge is 2.20. The second kappa shape index (κ2) is 5.94. The molecule has 0 amide bonds. The molecule has 1 aromatic carbocycles. The molecule has 0 aliphatic rings. The molecule has 0 spiro atoms. The van der Waals surface area contributed by atoms with Crippen molar-refractivity contribution >= 4 is 5.97 Å². The highest BCUT2D eigenvalue weighted by molar-refractivity contribution is 5.86. The third-order valence-corrected chi connectivity index (χ3v) is 2.97. The van der Waals surface area contributed by atoms with Crippen LogP contribution in [0, 0.1) is 5.82 Å². The molecule has 2 N–H and O–H groups in total. The minimum absolute atomic E-state index is 0.0401. The smallest absolute Gasteiger partial charge is 0.352 e. The van der Waals surface area contributed by atoms with Crippen molar-refractivity contribution in [3.05, 3.63) is 62.2 Å². The average Bonchev–Trinajstić information content (AvgIpc) is 2.43. The van der Waals surface area contributed by atoms with E-state index < -0.39 is 28.7 Å². The first kappa shape index (κ1) is 15.6. The summed E-state index contributed by atoms with van der Waals surface area (Å²) in [6.45, 7) is 0.0401. The maximum Gasteiger partial charge on any atom is 0.352 e. The van der Waals surface area contributed by atoms with Gasteiger partial charge in [-0.15, -0.1) is 0 Å². The first-order chi connectivity index (χ1) is 10.3. The van der Waals surface area contributed by atoms with Crippen LogP contribution in [0.15, 0.2) is 33.9 Å². The molecule has 0 radical (unpaired) electrons. The first-order valence-electron chi connectivity index (χ1n) is 6.33. The van der Waals surface area contributed by atoms with E-state index in [-0.39, 0.29) is 17.8 Å². The summed E-state index contributed by atoms with van der Waals surface area (Å²) in [7, 11) is 3.33. The number of aromatic carboxylic acids is 1. The zero-order valence-electron chi connectivity index (χ0n) is 12.0. The Morgan fingerprint density at radius 3 is 2.36 bits per heavy atom. The number of halogens is 1. The number of benzene rings is 1. The number of carbonyl (C=O) groups is 1. The van der Waals surface area contributed by atoms with Crippen LogP contribution in [0.25, 0.3) is 5.69 Å². The number of rotatable bonds is 4. The van der Waals surface area contributed by atoms with Crippen LogP contribution >= 0.6 is 0 Å².